The second-order valence-electron chi connectivity index (χ2n) is 13.7. The van der Waals surface area contributed by atoms with Gasteiger partial charge in [-0.1, -0.05) is 99.0 Å². The summed E-state index contributed by atoms with van der Waals surface area (Å²) in [5, 5.41) is 10.4. The molecule has 44 heavy (non-hydrogen) atoms. The van der Waals surface area contributed by atoms with E-state index in [4.69, 9.17) is 4.98 Å². The van der Waals surface area contributed by atoms with Gasteiger partial charge in [-0.2, -0.15) is 0 Å². The number of imidazole rings is 1. The second kappa shape index (κ2) is 16.2. The van der Waals surface area contributed by atoms with Gasteiger partial charge in [-0.15, -0.1) is 0 Å². The maximum atomic E-state index is 9.26. The summed E-state index contributed by atoms with van der Waals surface area (Å²) in [6.45, 7) is 13.8. The Morgan fingerprint density at radius 1 is 0.932 bits per heavy atom. The zero-order valence-electron chi connectivity index (χ0n) is 28.5. The summed E-state index contributed by atoms with van der Waals surface area (Å²) in [7, 11) is 4.26. The smallest absolute Gasteiger partial charge is 0.154 e. The SMILES string of the molecule is CC1CC1.CC1CCC1.CCCCc1nc2c(=N)n(Cc3ccc(C)cc3C)c3ccc(Br)cc3c2n1CCCCN(C)C. The molecule has 0 spiro atoms. The lowest BCUT2D eigenvalue weighted by Gasteiger charge is -2.18. The maximum absolute atomic E-state index is 9.26. The van der Waals surface area contributed by atoms with Crippen molar-refractivity contribution in [3.63, 3.8) is 0 Å². The van der Waals surface area contributed by atoms with Crippen molar-refractivity contribution < 1.29 is 0 Å². The highest BCUT2D eigenvalue weighted by Crippen LogP contribution is 2.29. The van der Waals surface area contributed by atoms with E-state index in [1.54, 1.807) is 0 Å². The van der Waals surface area contributed by atoms with E-state index in [1.807, 2.05) is 0 Å². The van der Waals surface area contributed by atoms with Crippen molar-refractivity contribution in [3.8, 4) is 0 Å². The van der Waals surface area contributed by atoms with Gasteiger partial charge in [0, 0.05) is 29.4 Å². The topological polar surface area (TPSA) is 49.8 Å². The molecule has 0 unspecified atom stereocenters. The standard InChI is InChI=1S/C29H38BrN5.C5H10.C4H8/c1-6-7-10-26-32-27-28(34(26)16-9-8-15-33(4)5)24-18-23(30)13-14-25(24)35(29(27)31)19-22-12-11-20(2)17-21(22)3;1-5-3-2-4-5;1-4-2-3-4/h11-14,17-18,31H,6-10,15-16,19H2,1-5H3;5H,2-4H2,1H3;4H,2-3H2,1H3. The van der Waals surface area contributed by atoms with Crippen LogP contribution in [0.15, 0.2) is 40.9 Å². The quantitative estimate of drug-likeness (QED) is 0.172. The van der Waals surface area contributed by atoms with Crippen LogP contribution < -0.4 is 5.49 Å². The third-order valence-electron chi connectivity index (χ3n) is 9.12. The minimum atomic E-state index is 0.500. The van der Waals surface area contributed by atoms with E-state index >= 15 is 0 Å². The number of rotatable bonds is 10. The van der Waals surface area contributed by atoms with Crippen LogP contribution in [0.2, 0.25) is 0 Å². The predicted molar refractivity (Wildman–Crippen MR) is 192 cm³/mol. The third-order valence-corrected chi connectivity index (χ3v) is 9.62. The number of halogens is 1. The van der Waals surface area contributed by atoms with E-state index in [1.165, 1.54) is 48.8 Å². The number of nitrogens with zero attached hydrogens (tertiary/aromatic N) is 4. The molecule has 6 heteroatoms. The van der Waals surface area contributed by atoms with E-state index in [-0.39, 0.29) is 0 Å². The summed E-state index contributed by atoms with van der Waals surface area (Å²) in [5.41, 5.74) is 7.28. The number of benzene rings is 2. The van der Waals surface area contributed by atoms with Crippen molar-refractivity contribution in [1.82, 2.24) is 19.0 Å². The van der Waals surface area contributed by atoms with Crippen LogP contribution in [0.1, 0.15) is 101 Å². The van der Waals surface area contributed by atoms with Gasteiger partial charge in [0.15, 0.2) is 5.49 Å². The first kappa shape index (κ1) is 34.4. The van der Waals surface area contributed by atoms with Gasteiger partial charge in [-0.05, 0) is 94.9 Å². The Labute approximate surface area is 274 Å². The van der Waals surface area contributed by atoms with Crippen molar-refractivity contribution in [2.24, 2.45) is 11.8 Å². The van der Waals surface area contributed by atoms with Gasteiger partial charge in [0.1, 0.15) is 11.3 Å². The average Bonchev–Trinajstić information content (AvgIpc) is 3.67. The van der Waals surface area contributed by atoms with Gasteiger partial charge in [0.25, 0.3) is 0 Å². The molecular formula is C38H56BrN5. The molecule has 1 N–H and O–H groups in total. The molecule has 2 aromatic heterocycles. The summed E-state index contributed by atoms with van der Waals surface area (Å²) in [4.78, 5) is 7.36. The second-order valence-corrected chi connectivity index (χ2v) is 14.7. The number of aromatic nitrogens is 3. The molecule has 2 heterocycles. The highest BCUT2D eigenvalue weighted by atomic mass is 79.9. The third kappa shape index (κ3) is 9.29. The summed E-state index contributed by atoms with van der Waals surface area (Å²) in [5.74, 6) is 3.26. The number of nitrogens with one attached hydrogen (secondary N) is 1. The molecule has 5 nitrogen and oxygen atoms in total. The normalized spacial score (nSPS) is 14.8. The summed E-state index contributed by atoms with van der Waals surface area (Å²) in [6.07, 6.45) is 12.9. The number of fused-ring (bicyclic) bond motifs is 3. The highest BCUT2D eigenvalue weighted by molar-refractivity contribution is 9.10. The largest absolute Gasteiger partial charge is 0.327 e. The summed E-state index contributed by atoms with van der Waals surface area (Å²) in [6, 6.07) is 13.0. The molecule has 2 saturated carbocycles. The van der Waals surface area contributed by atoms with E-state index in [0.29, 0.717) is 12.0 Å². The van der Waals surface area contributed by atoms with Crippen LogP contribution in [0.3, 0.4) is 0 Å². The van der Waals surface area contributed by atoms with Crippen LogP contribution in [0.25, 0.3) is 21.9 Å². The molecule has 6 rings (SSSR count). The Balaban J connectivity index is 0.000000418. The van der Waals surface area contributed by atoms with Crippen molar-refractivity contribution in [3.05, 3.63) is 68.9 Å². The fourth-order valence-corrected chi connectivity index (χ4v) is 6.08. The zero-order valence-corrected chi connectivity index (χ0v) is 30.1. The number of pyridine rings is 1. The fourth-order valence-electron chi connectivity index (χ4n) is 5.72. The fraction of sp³-hybridized carbons (Fsp3) is 0.579. The van der Waals surface area contributed by atoms with Crippen LogP contribution in [-0.4, -0.2) is 39.7 Å². The van der Waals surface area contributed by atoms with Crippen molar-refractivity contribution in [1.29, 1.82) is 5.41 Å². The zero-order chi connectivity index (χ0) is 31.8. The molecule has 2 aliphatic rings. The Morgan fingerprint density at radius 2 is 1.64 bits per heavy atom. The monoisotopic (exact) mass is 661 g/mol. The van der Waals surface area contributed by atoms with E-state index in [2.05, 4.69) is 115 Å². The Bertz CT molecular complexity index is 1570. The first-order valence-corrected chi connectivity index (χ1v) is 17.8. The van der Waals surface area contributed by atoms with Gasteiger partial charge in [-0.3, -0.25) is 5.41 Å². The molecule has 0 saturated heterocycles. The number of unbranched alkanes of at least 4 members (excludes halogenated alkanes) is 2. The molecule has 0 atom stereocenters. The van der Waals surface area contributed by atoms with Crippen LogP contribution in [0.5, 0.6) is 0 Å². The van der Waals surface area contributed by atoms with E-state index in [0.717, 1.165) is 89.3 Å². The number of hydrogen-bond donors (Lipinski definition) is 1. The minimum Gasteiger partial charge on any atom is -0.327 e. The lowest BCUT2D eigenvalue weighted by atomic mass is 9.88. The molecule has 2 aromatic carbocycles. The van der Waals surface area contributed by atoms with Crippen molar-refractivity contribution >= 4 is 37.9 Å². The number of aryl methyl sites for hydroxylation is 4. The lowest BCUT2D eigenvalue weighted by Crippen LogP contribution is -2.22. The lowest BCUT2D eigenvalue weighted by molar-refractivity contribution is 0.346. The Kier molecular flexibility index (Phi) is 12.7. The molecule has 0 aliphatic heterocycles. The predicted octanol–water partition coefficient (Wildman–Crippen LogP) is 9.81. The van der Waals surface area contributed by atoms with Crippen LogP contribution in [0, 0.1) is 31.1 Å². The Morgan fingerprint density at radius 3 is 2.20 bits per heavy atom. The van der Waals surface area contributed by atoms with Gasteiger partial charge < -0.3 is 14.0 Å². The molecule has 2 fully saturated rings. The summed E-state index contributed by atoms with van der Waals surface area (Å²) < 4.78 is 5.60. The van der Waals surface area contributed by atoms with E-state index < -0.39 is 0 Å². The molecule has 0 amide bonds. The van der Waals surface area contributed by atoms with Crippen molar-refractivity contribution in [2.75, 3.05) is 20.6 Å². The number of hydrogen-bond acceptors (Lipinski definition) is 3. The highest BCUT2D eigenvalue weighted by Gasteiger charge is 2.19. The molecule has 0 radical (unpaired) electrons. The van der Waals surface area contributed by atoms with Crippen LogP contribution in [0.4, 0.5) is 0 Å². The van der Waals surface area contributed by atoms with Crippen molar-refractivity contribution in [2.45, 2.75) is 112 Å². The van der Waals surface area contributed by atoms with E-state index in [9.17, 15) is 5.41 Å². The first-order valence-electron chi connectivity index (χ1n) is 17.1. The molecule has 240 valence electrons. The molecule has 2 aliphatic carbocycles. The van der Waals surface area contributed by atoms with Gasteiger partial charge >= 0.3 is 0 Å². The molecular weight excluding hydrogens is 606 g/mol. The first-order chi connectivity index (χ1) is 21.1. The Hall–Kier alpha value is -2.44. The minimum absolute atomic E-state index is 0.500. The van der Waals surface area contributed by atoms with Crippen LogP contribution in [-0.2, 0) is 19.5 Å². The molecule has 0 bridgehead atoms. The van der Waals surface area contributed by atoms with Gasteiger partial charge in [0.2, 0.25) is 0 Å². The van der Waals surface area contributed by atoms with Gasteiger partial charge in [0.05, 0.1) is 11.0 Å². The van der Waals surface area contributed by atoms with Gasteiger partial charge in [-0.25, -0.2) is 4.98 Å². The average molecular weight is 663 g/mol. The summed E-state index contributed by atoms with van der Waals surface area (Å²) >= 11 is 3.71. The maximum Gasteiger partial charge on any atom is 0.154 e. The molecule has 4 aromatic rings. The van der Waals surface area contributed by atoms with Crippen LogP contribution >= 0.6 is 15.9 Å².